The Morgan fingerprint density at radius 3 is 2.32 bits per heavy atom. The summed E-state index contributed by atoms with van der Waals surface area (Å²) in [6, 6.07) is 11.2. The molecule has 1 aliphatic heterocycles. The molecule has 0 saturated carbocycles. The highest BCUT2D eigenvalue weighted by atomic mass is 35.5. The zero-order valence-electron chi connectivity index (χ0n) is 24.8. The summed E-state index contributed by atoms with van der Waals surface area (Å²) in [5, 5.41) is -0.643. The van der Waals surface area contributed by atoms with E-state index < -0.39 is 35.0 Å². The molecular weight excluding hydrogens is 574 g/mol. The van der Waals surface area contributed by atoms with Crippen LogP contribution in [0.5, 0.6) is 5.75 Å². The lowest BCUT2D eigenvalue weighted by Crippen LogP contribution is -2.38. The van der Waals surface area contributed by atoms with Crippen LogP contribution in [0, 0.1) is 0 Å². The fourth-order valence-corrected chi connectivity index (χ4v) is 8.31. The fraction of sp³-hybridized carbons (Fsp3) is 0.516. The first-order valence-corrected chi connectivity index (χ1v) is 15.5. The third kappa shape index (κ3) is 8.39. The van der Waals surface area contributed by atoms with Gasteiger partial charge in [0, 0.05) is 22.3 Å². The van der Waals surface area contributed by atoms with Crippen molar-refractivity contribution in [2.45, 2.75) is 83.3 Å². The Kier molecular flexibility index (Phi) is 10.2. The molecule has 1 aliphatic rings. The van der Waals surface area contributed by atoms with Gasteiger partial charge in [0.05, 0.1) is 12.2 Å². The van der Waals surface area contributed by atoms with Gasteiger partial charge < -0.3 is 14.0 Å². The Morgan fingerprint density at radius 1 is 1.07 bits per heavy atom. The molecule has 3 rings (SSSR count). The molecule has 10 heteroatoms. The third-order valence-electron chi connectivity index (χ3n) is 6.95. The second-order valence-electron chi connectivity index (χ2n) is 12.4. The molecule has 41 heavy (non-hydrogen) atoms. The summed E-state index contributed by atoms with van der Waals surface area (Å²) in [6.07, 6.45) is -0.577. The number of benzene rings is 2. The Hall–Kier alpha value is -2.28. The molecule has 0 radical (unpaired) electrons. The maximum Gasteiger partial charge on any atom is 0.419 e. The minimum Gasteiger partial charge on any atom is -0.489 e. The molecule has 2 aromatic rings. The summed E-state index contributed by atoms with van der Waals surface area (Å²) in [5.74, 6) is 0.227. The van der Waals surface area contributed by atoms with Crippen LogP contribution in [0.4, 0.5) is 13.2 Å². The van der Waals surface area contributed by atoms with Crippen molar-refractivity contribution in [3.05, 3.63) is 70.3 Å². The van der Waals surface area contributed by atoms with Crippen molar-refractivity contribution in [3.63, 3.8) is 0 Å². The highest BCUT2D eigenvalue weighted by Crippen LogP contribution is 2.67. The number of alkyl halides is 3. The van der Waals surface area contributed by atoms with Crippen LogP contribution in [0.2, 0.25) is 5.02 Å². The Bertz CT molecular complexity index is 1310. The van der Waals surface area contributed by atoms with Gasteiger partial charge in [-0.15, -0.1) is 0 Å². The van der Waals surface area contributed by atoms with Crippen LogP contribution in [0.15, 0.2) is 53.5 Å². The molecule has 1 atom stereocenters. The molecule has 0 amide bonds. The van der Waals surface area contributed by atoms with E-state index in [4.69, 9.17) is 25.6 Å². The number of aryl methyl sites for hydroxylation is 1. The van der Waals surface area contributed by atoms with Gasteiger partial charge in [-0.1, -0.05) is 77.4 Å². The number of nitrogens with zero attached hydrogens (tertiary/aromatic N) is 1. The number of aliphatic imine (C=N–C) groups is 1. The first-order chi connectivity index (χ1) is 18.9. The van der Waals surface area contributed by atoms with Crippen LogP contribution >= 0.6 is 19.0 Å². The summed E-state index contributed by atoms with van der Waals surface area (Å²) in [5.41, 5.74) is -0.396. The summed E-state index contributed by atoms with van der Waals surface area (Å²) in [7, 11) is -3.17. The maximum absolute atomic E-state index is 14.0. The molecule has 0 aliphatic carbocycles. The number of hydrogen-bond donors (Lipinski definition) is 0. The predicted molar refractivity (Wildman–Crippen MR) is 161 cm³/mol. The van der Waals surface area contributed by atoms with Gasteiger partial charge in [0.15, 0.2) is 5.90 Å². The lowest BCUT2D eigenvalue weighted by Gasteiger charge is -2.41. The van der Waals surface area contributed by atoms with Crippen LogP contribution in [-0.2, 0) is 26.4 Å². The first-order valence-electron chi connectivity index (χ1n) is 13.5. The van der Waals surface area contributed by atoms with Crippen LogP contribution in [0.1, 0.15) is 71.6 Å². The molecule has 5 nitrogen and oxygen atoms in total. The number of halogens is 4. The molecule has 0 saturated heterocycles. The van der Waals surface area contributed by atoms with Crippen molar-refractivity contribution in [3.8, 4) is 5.75 Å². The van der Waals surface area contributed by atoms with Crippen molar-refractivity contribution in [1.29, 1.82) is 0 Å². The average Bonchev–Trinajstić information content (AvgIpc) is 3.23. The van der Waals surface area contributed by atoms with Crippen LogP contribution in [0.25, 0.3) is 6.08 Å². The van der Waals surface area contributed by atoms with E-state index in [1.807, 2.05) is 47.6 Å². The SMILES string of the molecule is CC1=NC(CCc2ccc(OC/C=C/c3cccc(Cl)c3)c(C(F)(F)F)c2)(COP(=O)(C(C)(C)C)C(C)(C)C)CO1. The second kappa shape index (κ2) is 12.5. The lowest BCUT2D eigenvalue weighted by molar-refractivity contribution is -0.138. The van der Waals surface area contributed by atoms with Crippen molar-refractivity contribution in [2.24, 2.45) is 4.99 Å². The monoisotopic (exact) mass is 613 g/mol. The Labute approximate surface area is 246 Å². The van der Waals surface area contributed by atoms with E-state index >= 15 is 0 Å². The normalized spacial score (nSPS) is 18.5. The molecule has 0 spiro atoms. The van der Waals surface area contributed by atoms with Gasteiger partial charge in [0.1, 0.15) is 24.5 Å². The predicted octanol–water partition coefficient (Wildman–Crippen LogP) is 9.46. The van der Waals surface area contributed by atoms with Crippen LogP contribution in [-0.4, -0.2) is 41.6 Å². The van der Waals surface area contributed by atoms with Crippen molar-refractivity contribution < 1.29 is 31.7 Å². The molecule has 2 aromatic carbocycles. The Morgan fingerprint density at radius 2 is 1.76 bits per heavy atom. The minimum atomic E-state index is -4.60. The van der Waals surface area contributed by atoms with Gasteiger partial charge >= 0.3 is 6.18 Å². The van der Waals surface area contributed by atoms with E-state index in [0.29, 0.717) is 22.9 Å². The van der Waals surface area contributed by atoms with E-state index in [1.54, 1.807) is 43.3 Å². The number of ether oxygens (including phenoxy) is 2. The summed E-state index contributed by atoms with van der Waals surface area (Å²) in [4.78, 5) is 4.66. The van der Waals surface area contributed by atoms with Gasteiger partial charge in [-0.25, -0.2) is 4.99 Å². The highest BCUT2D eigenvalue weighted by molar-refractivity contribution is 7.62. The smallest absolute Gasteiger partial charge is 0.419 e. The van der Waals surface area contributed by atoms with E-state index in [0.717, 1.165) is 11.6 Å². The quantitative estimate of drug-likeness (QED) is 0.250. The van der Waals surface area contributed by atoms with Gasteiger partial charge in [-0.3, -0.25) is 4.57 Å². The zero-order chi connectivity index (χ0) is 30.7. The van der Waals surface area contributed by atoms with Crippen molar-refractivity contribution in [2.75, 3.05) is 19.8 Å². The zero-order valence-corrected chi connectivity index (χ0v) is 26.4. The molecule has 0 aromatic heterocycles. The van der Waals surface area contributed by atoms with Crippen LogP contribution < -0.4 is 4.74 Å². The van der Waals surface area contributed by atoms with E-state index in [9.17, 15) is 17.7 Å². The number of hydrogen-bond acceptors (Lipinski definition) is 5. The van der Waals surface area contributed by atoms with Crippen molar-refractivity contribution in [1.82, 2.24) is 0 Å². The molecule has 0 fully saturated rings. The van der Waals surface area contributed by atoms with Gasteiger partial charge in [-0.2, -0.15) is 13.2 Å². The van der Waals surface area contributed by atoms with Gasteiger partial charge in [0.2, 0.25) is 7.37 Å². The average molecular weight is 614 g/mol. The van der Waals surface area contributed by atoms with E-state index in [1.165, 1.54) is 6.07 Å². The number of rotatable bonds is 10. The van der Waals surface area contributed by atoms with Gasteiger partial charge in [0.25, 0.3) is 0 Å². The molecule has 0 N–H and O–H groups in total. The van der Waals surface area contributed by atoms with Gasteiger partial charge in [-0.05, 0) is 54.3 Å². The Balaban J connectivity index is 1.76. The largest absolute Gasteiger partial charge is 0.489 e. The maximum atomic E-state index is 14.0. The molecule has 0 bridgehead atoms. The second-order valence-corrected chi connectivity index (χ2v) is 16.9. The highest BCUT2D eigenvalue weighted by Gasteiger charge is 2.50. The summed E-state index contributed by atoms with van der Waals surface area (Å²) in [6.45, 7) is 13.3. The van der Waals surface area contributed by atoms with E-state index in [-0.39, 0.29) is 32.0 Å². The standard InChI is InChI=1S/C31H40ClF3NO4P/c1-22-36-30(20-39-22,21-40-41(37,28(2,3)4)29(5,6)7)16-15-24-13-14-27(26(19-24)31(33,34)35)38-17-9-11-23-10-8-12-25(32)18-23/h8-14,18-19H,15-17,20-21H2,1-7H3/b11-9+. The molecule has 1 heterocycles. The van der Waals surface area contributed by atoms with Crippen molar-refractivity contribution >= 4 is 30.9 Å². The topological polar surface area (TPSA) is 57.1 Å². The molecular formula is C31H40ClF3NO4P. The summed E-state index contributed by atoms with van der Waals surface area (Å²) < 4.78 is 73.4. The minimum absolute atomic E-state index is 0.0394. The molecule has 1 unspecified atom stereocenters. The molecule has 226 valence electrons. The first kappa shape index (κ1) is 33.2. The van der Waals surface area contributed by atoms with Crippen LogP contribution in [0.3, 0.4) is 0 Å². The lowest BCUT2D eigenvalue weighted by atomic mass is 9.93. The van der Waals surface area contributed by atoms with E-state index in [2.05, 4.69) is 4.99 Å². The third-order valence-corrected chi connectivity index (χ3v) is 11.2. The fourth-order valence-electron chi connectivity index (χ4n) is 4.91. The summed E-state index contributed by atoms with van der Waals surface area (Å²) >= 11 is 5.97.